The molecule has 47 heavy (non-hydrogen) atoms. The van der Waals surface area contributed by atoms with Gasteiger partial charge in [-0.3, -0.25) is 14.4 Å². The summed E-state index contributed by atoms with van der Waals surface area (Å²) in [5, 5.41) is 15.5. The van der Waals surface area contributed by atoms with Crippen molar-refractivity contribution in [2.24, 2.45) is 5.92 Å². The van der Waals surface area contributed by atoms with Crippen LogP contribution >= 0.6 is 0 Å². The topological polar surface area (TPSA) is 125 Å². The molecule has 244 valence electrons. The molecule has 1 saturated heterocycles. The molecule has 2 aliphatic heterocycles. The molecule has 0 aliphatic carbocycles. The van der Waals surface area contributed by atoms with Gasteiger partial charge in [-0.15, -0.1) is 6.58 Å². The minimum Gasteiger partial charge on any atom is -0.432 e. The van der Waals surface area contributed by atoms with Crippen LogP contribution in [0.25, 0.3) is 16.5 Å². The predicted octanol–water partition coefficient (Wildman–Crippen LogP) is 4.13. The molecule has 4 atom stereocenters. The van der Waals surface area contributed by atoms with Crippen LogP contribution < -0.4 is 10.5 Å². The number of fused-ring (bicyclic) bond motifs is 3. The highest BCUT2D eigenvalue weighted by Gasteiger charge is 2.66. The summed E-state index contributed by atoms with van der Waals surface area (Å²) in [5.74, 6) is -1.05. The standard InChI is InChI=1S/C36H40N4O6Si/c1-5-17-39-30-16-15-27(40-34(43)28-14-10-9-13-26(28)22-37-40)20-29(30)36(35(39)44)24(2)33(47(3,4)45)31(46-36)21-32(42)38(18-19-41)23-25-11-7-6-8-12-25/h5-16,20,22,24,31,33,41,45H,1,17-19,21,23H2,2-4H3/t24-,31+,33-,36+/m0/s1. The van der Waals surface area contributed by atoms with Gasteiger partial charge in [-0.1, -0.05) is 61.5 Å². The van der Waals surface area contributed by atoms with E-state index in [0.717, 1.165) is 10.9 Å². The van der Waals surface area contributed by atoms with Crippen molar-refractivity contribution >= 4 is 36.6 Å². The number of aliphatic hydroxyl groups is 1. The lowest BCUT2D eigenvalue weighted by Gasteiger charge is -2.32. The van der Waals surface area contributed by atoms with Crippen molar-refractivity contribution in [2.75, 3.05) is 24.6 Å². The molecule has 1 fully saturated rings. The van der Waals surface area contributed by atoms with Crippen molar-refractivity contribution in [1.29, 1.82) is 0 Å². The fraction of sp³-hybridized carbons (Fsp3) is 0.333. The smallest absolute Gasteiger partial charge is 0.279 e. The van der Waals surface area contributed by atoms with E-state index < -0.39 is 31.5 Å². The Balaban J connectivity index is 1.43. The molecule has 3 heterocycles. The normalized spacial score (nSPS) is 22.2. The van der Waals surface area contributed by atoms with Gasteiger partial charge in [0.2, 0.25) is 5.91 Å². The molecule has 10 nitrogen and oxygen atoms in total. The largest absolute Gasteiger partial charge is 0.432 e. The SMILES string of the molecule is C=CCN1C(=O)[C@]2(O[C@H](CC(=O)N(CCO)Cc3ccccc3)[C@@H]([Si](C)(C)O)[C@@H]2C)c2cc(-n3ncc4ccccc4c3=O)ccc21. The summed E-state index contributed by atoms with van der Waals surface area (Å²) < 4.78 is 8.16. The molecule has 6 rings (SSSR count). The van der Waals surface area contributed by atoms with Crippen molar-refractivity contribution in [2.45, 2.75) is 50.2 Å². The Morgan fingerprint density at radius 2 is 1.83 bits per heavy atom. The molecule has 2 amide bonds. The minimum atomic E-state index is -3.05. The summed E-state index contributed by atoms with van der Waals surface area (Å²) in [7, 11) is -3.05. The molecule has 1 spiro atoms. The lowest BCUT2D eigenvalue weighted by atomic mass is 9.82. The van der Waals surface area contributed by atoms with Crippen LogP contribution in [0.3, 0.4) is 0 Å². The van der Waals surface area contributed by atoms with Crippen LogP contribution in [0.4, 0.5) is 5.69 Å². The summed E-state index contributed by atoms with van der Waals surface area (Å²) >= 11 is 0. The summed E-state index contributed by atoms with van der Waals surface area (Å²) in [6.07, 6.45) is 2.43. The van der Waals surface area contributed by atoms with Gasteiger partial charge in [0.05, 0.1) is 42.1 Å². The Morgan fingerprint density at radius 3 is 2.53 bits per heavy atom. The Morgan fingerprint density at radius 1 is 1.11 bits per heavy atom. The van der Waals surface area contributed by atoms with Gasteiger partial charge in [0, 0.05) is 42.0 Å². The molecule has 11 heteroatoms. The lowest BCUT2D eigenvalue weighted by Crippen LogP contribution is -2.46. The van der Waals surface area contributed by atoms with Crippen molar-refractivity contribution in [3.05, 3.63) is 113 Å². The maximum atomic E-state index is 14.5. The molecule has 0 radical (unpaired) electrons. The fourth-order valence-electron chi connectivity index (χ4n) is 7.50. The first-order valence-electron chi connectivity index (χ1n) is 15.9. The zero-order valence-corrected chi connectivity index (χ0v) is 27.9. The third-order valence-corrected chi connectivity index (χ3v) is 12.0. The summed E-state index contributed by atoms with van der Waals surface area (Å²) in [4.78, 5) is 56.8. The summed E-state index contributed by atoms with van der Waals surface area (Å²) in [6, 6.07) is 22.1. The van der Waals surface area contributed by atoms with E-state index in [1.807, 2.05) is 49.4 Å². The van der Waals surface area contributed by atoms with E-state index in [4.69, 9.17) is 4.74 Å². The number of benzene rings is 3. The first kappa shape index (κ1) is 32.5. The van der Waals surface area contributed by atoms with Crippen LogP contribution in [-0.2, 0) is 26.5 Å². The summed E-state index contributed by atoms with van der Waals surface area (Å²) in [6.45, 7) is 9.84. The van der Waals surface area contributed by atoms with Crippen LogP contribution in [0.5, 0.6) is 0 Å². The maximum absolute atomic E-state index is 14.5. The average Bonchev–Trinajstić information content (AvgIpc) is 3.47. The van der Waals surface area contributed by atoms with E-state index in [0.29, 0.717) is 28.9 Å². The van der Waals surface area contributed by atoms with Gasteiger partial charge < -0.3 is 24.4 Å². The van der Waals surface area contributed by atoms with Gasteiger partial charge >= 0.3 is 0 Å². The van der Waals surface area contributed by atoms with Crippen LogP contribution in [0, 0.1) is 5.92 Å². The Kier molecular flexibility index (Phi) is 8.75. The highest BCUT2D eigenvalue weighted by atomic mass is 28.4. The number of aromatic nitrogens is 2. The van der Waals surface area contributed by atoms with Crippen LogP contribution in [0.15, 0.2) is 96.4 Å². The molecule has 3 aromatic carbocycles. The van der Waals surface area contributed by atoms with E-state index >= 15 is 0 Å². The zero-order chi connectivity index (χ0) is 33.5. The van der Waals surface area contributed by atoms with E-state index in [1.165, 1.54) is 4.68 Å². The molecular weight excluding hydrogens is 613 g/mol. The van der Waals surface area contributed by atoms with E-state index in [1.54, 1.807) is 65.5 Å². The van der Waals surface area contributed by atoms with Crippen molar-refractivity contribution in [3.63, 3.8) is 0 Å². The predicted molar refractivity (Wildman–Crippen MR) is 183 cm³/mol. The average molecular weight is 653 g/mol. The number of hydrogen-bond donors (Lipinski definition) is 2. The van der Waals surface area contributed by atoms with Gasteiger partial charge in [0.15, 0.2) is 13.9 Å². The number of carbonyl (C=O) groups excluding carboxylic acids is 2. The molecular formula is C36H40N4O6Si. The van der Waals surface area contributed by atoms with E-state index in [2.05, 4.69) is 11.7 Å². The number of rotatable bonds is 10. The highest BCUT2D eigenvalue weighted by Crippen LogP contribution is 2.59. The molecule has 0 bridgehead atoms. The van der Waals surface area contributed by atoms with E-state index in [-0.39, 0.29) is 43.5 Å². The number of anilines is 1. The molecule has 2 N–H and O–H groups in total. The molecule has 1 aromatic heterocycles. The van der Waals surface area contributed by atoms with Crippen molar-refractivity contribution in [3.8, 4) is 5.69 Å². The summed E-state index contributed by atoms with van der Waals surface area (Å²) in [5.41, 5.74) is 0.279. The van der Waals surface area contributed by atoms with Gasteiger partial charge in [0.1, 0.15) is 0 Å². The Labute approximate surface area is 274 Å². The van der Waals surface area contributed by atoms with E-state index in [9.17, 15) is 24.3 Å². The minimum absolute atomic E-state index is 0.0734. The molecule has 0 unspecified atom stereocenters. The monoisotopic (exact) mass is 652 g/mol. The Bertz CT molecular complexity index is 1890. The van der Waals surface area contributed by atoms with Crippen LogP contribution in [-0.4, -0.2) is 70.5 Å². The second-order valence-corrected chi connectivity index (χ2v) is 16.9. The number of amides is 2. The molecule has 2 aliphatic rings. The molecule has 4 aromatic rings. The highest BCUT2D eigenvalue weighted by molar-refractivity contribution is 6.71. The van der Waals surface area contributed by atoms with Gasteiger partial charge in [-0.2, -0.15) is 9.78 Å². The molecule has 0 saturated carbocycles. The second kappa shape index (κ2) is 12.6. The van der Waals surface area contributed by atoms with Gasteiger partial charge in [-0.05, 0) is 42.9 Å². The Hall–Kier alpha value is -4.42. The zero-order valence-electron chi connectivity index (χ0n) is 26.9. The number of carbonyl (C=O) groups is 2. The number of nitrogens with zero attached hydrogens (tertiary/aromatic N) is 4. The number of aliphatic hydroxyl groups excluding tert-OH is 1. The van der Waals surface area contributed by atoms with Crippen LogP contribution in [0.2, 0.25) is 18.6 Å². The quantitative estimate of drug-likeness (QED) is 0.195. The fourth-order valence-corrected chi connectivity index (χ4v) is 10.1. The second-order valence-electron chi connectivity index (χ2n) is 12.9. The number of ether oxygens (including phenoxy) is 1. The van der Waals surface area contributed by atoms with Gasteiger partial charge in [-0.25, -0.2) is 0 Å². The van der Waals surface area contributed by atoms with Gasteiger partial charge in [0.25, 0.3) is 11.5 Å². The first-order chi connectivity index (χ1) is 22.5. The third-order valence-electron chi connectivity index (χ3n) is 9.53. The number of hydrogen-bond acceptors (Lipinski definition) is 7. The van der Waals surface area contributed by atoms with Crippen molar-refractivity contribution < 1.29 is 24.2 Å². The first-order valence-corrected chi connectivity index (χ1v) is 18.9. The maximum Gasteiger partial charge on any atom is 0.279 e. The van der Waals surface area contributed by atoms with Crippen molar-refractivity contribution in [1.82, 2.24) is 14.7 Å². The third kappa shape index (κ3) is 5.63. The lowest BCUT2D eigenvalue weighted by molar-refractivity contribution is -0.149. The van der Waals surface area contributed by atoms with Crippen LogP contribution in [0.1, 0.15) is 24.5 Å².